The van der Waals surface area contributed by atoms with Crippen LogP contribution in [0.3, 0.4) is 0 Å². The van der Waals surface area contributed by atoms with Crippen LogP contribution in [-0.4, -0.2) is 92.7 Å². The van der Waals surface area contributed by atoms with Crippen molar-refractivity contribution in [2.45, 2.75) is 109 Å². The first-order valence-electron chi connectivity index (χ1n) is 18.1. The Morgan fingerprint density at radius 2 is 1.22 bits per heavy atom. The minimum Gasteiger partial charge on any atom is -0.497 e. The minimum absolute atomic E-state index is 0.0871. The molecule has 14 nitrogen and oxygen atoms in total. The summed E-state index contributed by atoms with van der Waals surface area (Å²) in [7, 11) is 1.56. The van der Waals surface area contributed by atoms with Crippen LogP contribution >= 0.6 is 0 Å². The van der Waals surface area contributed by atoms with Gasteiger partial charge in [0.25, 0.3) is 0 Å². The van der Waals surface area contributed by atoms with Gasteiger partial charge in [-0.3, -0.25) is 14.4 Å². The van der Waals surface area contributed by atoms with E-state index in [0.29, 0.717) is 11.5 Å². The molecule has 3 aromatic rings. The van der Waals surface area contributed by atoms with Gasteiger partial charge >= 0.3 is 17.9 Å². The molecular formula is C41H48O14. The van der Waals surface area contributed by atoms with Crippen molar-refractivity contribution in [1.29, 1.82) is 0 Å². The molecule has 9 atom stereocenters. The highest BCUT2D eigenvalue weighted by Crippen LogP contribution is 2.35. The van der Waals surface area contributed by atoms with Gasteiger partial charge in [-0.25, -0.2) is 0 Å². The summed E-state index contributed by atoms with van der Waals surface area (Å²) in [5.74, 6) is -1.33. The lowest BCUT2D eigenvalue weighted by atomic mass is 9.97. The first-order valence-corrected chi connectivity index (χ1v) is 18.1. The van der Waals surface area contributed by atoms with Gasteiger partial charge in [-0.1, -0.05) is 60.7 Å². The van der Waals surface area contributed by atoms with Gasteiger partial charge in [0.1, 0.15) is 35.6 Å². The molecule has 0 N–H and O–H groups in total. The summed E-state index contributed by atoms with van der Waals surface area (Å²) < 4.78 is 61.2. The standard InChI is InChI=1S/C41H48O14/c1-25(42)16-21-34(45)54-39-36(52-28(4)44)33(51-27(3)43)24-49-40(39)55-37-35(47-22-29-12-8-6-9-13-29)26(2)50-41(53-32-19-17-31(46-5)18-20-32)38(37)48-23-30-14-10-7-11-15-30/h6-15,17-20,26,33,35-41H,16,21-24H2,1-5H3/t26-,33-,35-,36+,37+,38-,39-,40+,41-/m1/s1. The molecule has 55 heavy (non-hydrogen) atoms. The highest BCUT2D eigenvalue weighted by atomic mass is 16.8. The Morgan fingerprint density at radius 1 is 0.636 bits per heavy atom. The third-order valence-corrected chi connectivity index (χ3v) is 8.85. The van der Waals surface area contributed by atoms with Crippen molar-refractivity contribution >= 4 is 23.7 Å². The van der Waals surface area contributed by atoms with Gasteiger partial charge in [-0.15, -0.1) is 0 Å². The number of hydrogen-bond acceptors (Lipinski definition) is 14. The molecule has 14 heteroatoms. The molecule has 0 radical (unpaired) electrons. The second kappa shape index (κ2) is 20.2. The van der Waals surface area contributed by atoms with E-state index >= 15 is 0 Å². The second-order valence-electron chi connectivity index (χ2n) is 13.2. The summed E-state index contributed by atoms with van der Waals surface area (Å²) in [6.45, 7) is 5.54. The second-order valence-corrected chi connectivity index (χ2v) is 13.2. The number of hydrogen-bond donors (Lipinski definition) is 0. The molecule has 5 rings (SSSR count). The first-order chi connectivity index (χ1) is 26.5. The maximum absolute atomic E-state index is 13.2. The number of carbonyl (C=O) groups excluding carboxylic acids is 4. The fourth-order valence-corrected chi connectivity index (χ4v) is 6.23. The normalized spacial score (nSPS) is 26.3. The smallest absolute Gasteiger partial charge is 0.306 e. The molecule has 2 saturated heterocycles. The van der Waals surface area contributed by atoms with Crippen LogP contribution in [0.5, 0.6) is 11.5 Å². The van der Waals surface area contributed by atoms with E-state index in [1.165, 1.54) is 20.8 Å². The van der Waals surface area contributed by atoms with Crippen LogP contribution < -0.4 is 9.47 Å². The number of ketones is 1. The Bertz CT molecular complexity index is 1680. The minimum atomic E-state index is -1.45. The Kier molecular flexibility index (Phi) is 15.1. The lowest BCUT2D eigenvalue weighted by Crippen LogP contribution is -2.64. The number of methoxy groups -OCH3 is 1. The Labute approximate surface area is 320 Å². The number of Topliss-reactive ketones (excluding diaryl/α,β-unsaturated/α-hetero) is 1. The summed E-state index contributed by atoms with van der Waals surface area (Å²) in [4.78, 5) is 49.4. The van der Waals surface area contributed by atoms with Gasteiger partial charge in [-0.05, 0) is 49.2 Å². The predicted molar refractivity (Wildman–Crippen MR) is 194 cm³/mol. The first kappa shape index (κ1) is 41.3. The van der Waals surface area contributed by atoms with Crippen LogP contribution in [0.15, 0.2) is 84.9 Å². The molecule has 0 aromatic heterocycles. The molecular weight excluding hydrogens is 716 g/mol. The van der Waals surface area contributed by atoms with E-state index in [1.54, 1.807) is 31.4 Å². The molecule has 296 valence electrons. The molecule has 0 amide bonds. The predicted octanol–water partition coefficient (Wildman–Crippen LogP) is 4.88. The fraction of sp³-hybridized carbons (Fsp3) is 0.463. The van der Waals surface area contributed by atoms with Crippen molar-refractivity contribution in [2.24, 2.45) is 0 Å². The van der Waals surface area contributed by atoms with E-state index in [0.717, 1.165) is 11.1 Å². The van der Waals surface area contributed by atoms with Gasteiger partial charge in [0.05, 0.1) is 39.5 Å². The highest BCUT2D eigenvalue weighted by Gasteiger charge is 2.54. The molecule has 2 fully saturated rings. The summed E-state index contributed by atoms with van der Waals surface area (Å²) in [5.41, 5.74) is 1.74. The third kappa shape index (κ3) is 12.1. The van der Waals surface area contributed by atoms with Crippen LogP contribution in [0, 0.1) is 0 Å². The van der Waals surface area contributed by atoms with E-state index in [2.05, 4.69) is 0 Å². The van der Waals surface area contributed by atoms with Crippen molar-refractivity contribution in [3.63, 3.8) is 0 Å². The maximum atomic E-state index is 13.2. The summed E-state index contributed by atoms with van der Waals surface area (Å²) >= 11 is 0. The average Bonchev–Trinajstić information content (AvgIpc) is 3.16. The van der Waals surface area contributed by atoms with Crippen LogP contribution in [-0.2, 0) is 70.3 Å². The maximum Gasteiger partial charge on any atom is 0.306 e. The lowest BCUT2D eigenvalue weighted by molar-refractivity contribution is -0.348. The van der Waals surface area contributed by atoms with Crippen molar-refractivity contribution < 1.29 is 66.5 Å². The summed E-state index contributed by atoms with van der Waals surface area (Å²) in [6, 6.07) is 26.0. The Morgan fingerprint density at radius 3 is 1.78 bits per heavy atom. The quantitative estimate of drug-likeness (QED) is 0.135. The van der Waals surface area contributed by atoms with Crippen molar-refractivity contribution in [3.8, 4) is 11.5 Å². The highest BCUT2D eigenvalue weighted by molar-refractivity contribution is 5.81. The Balaban J connectivity index is 1.53. The van der Waals surface area contributed by atoms with Crippen LogP contribution in [0.4, 0.5) is 0 Å². The van der Waals surface area contributed by atoms with Gasteiger partial charge in [-0.2, -0.15) is 0 Å². The van der Waals surface area contributed by atoms with E-state index in [9.17, 15) is 19.2 Å². The third-order valence-electron chi connectivity index (χ3n) is 8.85. The number of ether oxygens (including phenoxy) is 10. The van der Waals surface area contributed by atoms with Crippen LogP contribution in [0.1, 0.15) is 51.7 Å². The molecule has 0 aliphatic carbocycles. The van der Waals surface area contributed by atoms with Gasteiger partial charge in [0.2, 0.25) is 6.29 Å². The van der Waals surface area contributed by atoms with Crippen molar-refractivity contribution in [2.75, 3.05) is 13.7 Å². The zero-order chi connectivity index (χ0) is 39.3. The van der Waals surface area contributed by atoms with Gasteiger partial charge in [0, 0.05) is 20.3 Å². The topological polar surface area (TPSA) is 161 Å². The molecule has 0 bridgehead atoms. The molecule has 3 aromatic carbocycles. The van der Waals surface area contributed by atoms with Gasteiger partial charge in [0.15, 0.2) is 24.6 Å². The van der Waals surface area contributed by atoms with E-state index in [4.69, 9.17) is 47.4 Å². The summed E-state index contributed by atoms with van der Waals surface area (Å²) in [5, 5.41) is 0. The molecule has 0 unspecified atom stereocenters. The zero-order valence-corrected chi connectivity index (χ0v) is 31.5. The largest absolute Gasteiger partial charge is 0.497 e. The lowest BCUT2D eigenvalue weighted by Gasteiger charge is -2.47. The zero-order valence-electron chi connectivity index (χ0n) is 31.5. The monoisotopic (exact) mass is 764 g/mol. The molecule has 0 saturated carbocycles. The number of esters is 3. The molecule has 2 heterocycles. The van der Waals surface area contributed by atoms with Crippen LogP contribution in [0.25, 0.3) is 0 Å². The van der Waals surface area contributed by atoms with Gasteiger partial charge < -0.3 is 52.2 Å². The average molecular weight is 765 g/mol. The summed E-state index contributed by atoms with van der Waals surface area (Å²) in [6.07, 6.45) is -10.3. The SMILES string of the molecule is COc1ccc(O[C@H]2O[C@H](C)[C@@H](OCc3ccccc3)[C@H](O[C@@H]3OC[C@@H](OC(C)=O)[C@H](OC(C)=O)[C@H]3OC(=O)CCC(C)=O)[C@H]2OCc2ccccc2)cc1. The molecule has 2 aliphatic heterocycles. The van der Waals surface area contributed by atoms with E-state index in [1.807, 2.05) is 67.6 Å². The van der Waals surface area contributed by atoms with Crippen LogP contribution in [0.2, 0.25) is 0 Å². The number of benzene rings is 3. The molecule has 2 aliphatic rings. The van der Waals surface area contributed by atoms with E-state index < -0.39 is 73.2 Å². The number of rotatable bonds is 17. The van der Waals surface area contributed by atoms with Crippen molar-refractivity contribution in [3.05, 3.63) is 96.1 Å². The Hall–Kier alpha value is -4.86. The fourth-order valence-electron chi connectivity index (χ4n) is 6.23. The number of carbonyl (C=O) groups is 4. The van der Waals surface area contributed by atoms with E-state index in [-0.39, 0.29) is 38.4 Å². The van der Waals surface area contributed by atoms with Crippen molar-refractivity contribution in [1.82, 2.24) is 0 Å². The molecule has 0 spiro atoms.